The summed E-state index contributed by atoms with van der Waals surface area (Å²) in [5.41, 5.74) is 1.75. The van der Waals surface area contributed by atoms with Crippen LogP contribution < -0.4 is 5.32 Å². The maximum absolute atomic E-state index is 12.7. The number of hydrogen-bond donors (Lipinski definition) is 1. The number of aryl methyl sites for hydroxylation is 1. The summed E-state index contributed by atoms with van der Waals surface area (Å²) in [7, 11) is -3.46. The highest BCUT2D eigenvalue weighted by molar-refractivity contribution is 7.89. The summed E-state index contributed by atoms with van der Waals surface area (Å²) in [4.78, 5) is 0.386. The molecule has 0 radical (unpaired) electrons. The Morgan fingerprint density at radius 3 is 2.60 bits per heavy atom. The van der Waals surface area contributed by atoms with Crippen molar-refractivity contribution in [3.05, 3.63) is 42.0 Å². The lowest BCUT2D eigenvalue weighted by atomic mass is 10.1. The monoisotopic (exact) mass is 296 g/mol. The van der Waals surface area contributed by atoms with Crippen LogP contribution in [0.5, 0.6) is 0 Å². The molecule has 0 aromatic heterocycles. The molecule has 1 aromatic rings. The molecule has 0 fully saturated rings. The minimum Gasteiger partial charge on any atom is -0.313 e. The zero-order valence-electron chi connectivity index (χ0n) is 12.5. The molecule has 0 spiro atoms. The predicted octanol–water partition coefficient (Wildman–Crippen LogP) is 2.30. The molecular weight excluding hydrogens is 272 g/mol. The number of sulfonamides is 1. The van der Waals surface area contributed by atoms with Crippen molar-refractivity contribution in [1.82, 2.24) is 9.62 Å². The molecule has 0 bridgehead atoms. The van der Waals surface area contributed by atoms with Crippen LogP contribution >= 0.6 is 0 Å². The van der Waals surface area contributed by atoms with Crippen molar-refractivity contribution in [2.45, 2.75) is 32.2 Å². The first kappa shape index (κ1) is 16.9. The molecule has 0 amide bonds. The molecule has 0 heterocycles. The van der Waals surface area contributed by atoms with Crippen molar-refractivity contribution in [1.29, 1.82) is 0 Å². The summed E-state index contributed by atoms with van der Waals surface area (Å²) in [6.07, 6.45) is 1.61. The van der Waals surface area contributed by atoms with Gasteiger partial charge < -0.3 is 5.32 Å². The van der Waals surface area contributed by atoms with Crippen LogP contribution in [-0.4, -0.2) is 32.4 Å². The Labute approximate surface area is 122 Å². The van der Waals surface area contributed by atoms with Gasteiger partial charge in [-0.3, -0.25) is 0 Å². The first-order valence-electron chi connectivity index (χ1n) is 6.88. The molecule has 1 N–H and O–H groups in total. The summed E-state index contributed by atoms with van der Waals surface area (Å²) in [6, 6.07) is 5.58. The average Bonchev–Trinajstić information content (AvgIpc) is 2.43. The molecule has 0 saturated heterocycles. The van der Waals surface area contributed by atoms with Gasteiger partial charge in [0.05, 0.1) is 4.90 Å². The van der Waals surface area contributed by atoms with Crippen LogP contribution in [-0.2, 0) is 16.6 Å². The first-order valence-corrected chi connectivity index (χ1v) is 8.32. The minimum atomic E-state index is -3.46. The van der Waals surface area contributed by atoms with Gasteiger partial charge >= 0.3 is 0 Å². The molecule has 0 atom stereocenters. The fraction of sp³-hybridized carbons (Fsp3) is 0.467. The molecule has 4 nitrogen and oxygen atoms in total. The molecule has 1 rings (SSSR count). The smallest absolute Gasteiger partial charge is 0.243 e. The lowest BCUT2D eigenvalue weighted by molar-refractivity contribution is 0.459. The zero-order chi connectivity index (χ0) is 15.2. The van der Waals surface area contributed by atoms with Gasteiger partial charge in [-0.2, -0.15) is 4.31 Å². The van der Waals surface area contributed by atoms with Crippen LogP contribution in [0.4, 0.5) is 0 Å². The number of nitrogens with zero attached hydrogens (tertiary/aromatic N) is 1. The molecule has 0 saturated carbocycles. The van der Waals surface area contributed by atoms with Gasteiger partial charge in [0.2, 0.25) is 10.0 Å². The average molecular weight is 296 g/mol. The molecule has 0 aliphatic carbocycles. The van der Waals surface area contributed by atoms with E-state index in [1.165, 1.54) is 4.31 Å². The second-order valence-electron chi connectivity index (χ2n) is 4.62. The van der Waals surface area contributed by atoms with Gasteiger partial charge in [-0.15, -0.1) is 6.58 Å². The minimum absolute atomic E-state index is 0.329. The van der Waals surface area contributed by atoms with Gasteiger partial charge in [0.1, 0.15) is 0 Å². The lowest BCUT2D eigenvalue weighted by Gasteiger charge is -2.20. The number of benzene rings is 1. The van der Waals surface area contributed by atoms with E-state index in [1.54, 1.807) is 12.1 Å². The highest BCUT2D eigenvalue weighted by atomic mass is 32.2. The molecular formula is C15H24N2O2S. The van der Waals surface area contributed by atoms with Crippen LogP contribution in [0.1, 0.15) is 25.0 Å². The predicted molar refractivity (Wildman–Crippen MR) is 83.2 cm³/mol. The van der Waals surface area contributed by atoms with Crippen molar-refractivity contribution in [2.75, 3.05) is 19.6 Å². The zero-order valence-corrected chi connectivity index (χ0v) is 13.3. The van der Waals surface area contributed by atoms with Crippen molar-refractivity contribution < 1.29 is 8.42 Å². The van der Waals surface area contributed by atoms with E-state index in [9.17, 15) is 8.42 Å². The third kappa shape index (κ3) is 3.91. The second kappa shape index (κ2) is 7.57. The van der Waals surface area contributed by atoms with Crippen molar-refractivity contribution in [3.8, 4) is 0 Å². The van der Waals surface area contributed by atoms with E-state index >= 15 is 0 Å². The summed E-state index contributed by atoms with van der Waals surface area (Å²) in [5, 5.41) is 3.21. The number of likely N-dealkylation sites (N-methyl/N-ethyl adjacent to an activating group) is 1. The Bertz CT molecular complexity index is 553. The van der Waals surface area contributed by atoms with Crippen LogP contribution in [0.2, 0.25) is 0 Å². The maximum Gasteiger partial charge on any atom is 0.243 e. The molecule has 5 heteroatoms. The van der Waals surface area contributed by atoms with Crippen LogP contribution in [0.25, 0.3) is 0 Å². The molecule has 0 aliphatic heterocycles. The van der Waals surface area contributed by atoms with Crippen LogP contribution in [0.3, 0.4) is 0 Å². The number of hydrogen-bond acceptors (Lipinski definition) is 3. The van der Waals surface area contributed by atoms with Gasteiger partial charge in [0, 0.05) is 19.6 Å². The standard InChI is InChI=1S/C15H24N2O2S/c1-5-10-17(7-3)20(18,19)15-11-14(12-16-6-2)9-8-13(15)4/h5,8-9,11,16H,1,6-7,10,12H2,2-4H3. The topological polar surface area (TPSA) is 49.4 Å². The summed E-state index contributed by atoms with van der Waals surface area (Å²) in [5.74, 6) is 0. The van der Waals surface area contributed by atoms with Crippen molar-refractivity contribution in [2.24, 2.45) is 0 Å². The van der Waals surface area contributed by atoms with Gasteiger partial charge in [0.25, 0.3) is 0 Å². The largest absolute Gasteiger partial charge is 0.313 e. The van der Waals surface area contributed by atoms with Gasteiger partial charge in [0.15, 0.2) is 0 Å². The molecule has 112 valence electrons. The molecule has 0 unspecified atom stereocenters. The fourth-order valence-electron chi connectivity index (χ4n) is 1.98. The Hall–Kier alpha value is -1.17. The third-order valence-electron chi connectivity index (χ3n) is 3.13. The van der Waals surface area contributed by atoms with E-state index < -0.39 is 10.0 Å². The van der Waals surface area contributed by atoms with Crippen LogP contribution in [0.15, 0.2) is 35.7 Å². The maximum atomic E-state index is 12.7. The fourth-order valence-corrected chi connectivity index (χ4v) is 3.68. The van der Waals surface area contributed by atoms with Gasteiger partial charge in [-0.25, -0.2) is 8.42 Å². The summed E-state index contributed by atoms with van der Waals surface area (Å²) >= 11 is 0. The van der Waals surface area contributed by atoms with E-state index in [2.05, 4.69) is 11.9 Å². The quantitative estimate of drug-likeness (QED) is 0.749. The SMILES string of the molecule is C=CCN(CC)S(=O)(=O)c1cc(CNCC)ccc1C. The molecule has 0 aliphatic rings. The first-order chi connectivity index (χ1) is 9.47. The number of nitrogens with one attached hydrogen (secondary N) is 1. The molecule has 1 aromatic carbocycles. The summed E-state index contributed by atoms with van der Waals surface area (Å²) < 4.78 is 26.7. The van der Waals surface area contributed by atoms with E-state index in [0.29, 0.717) is 24.5 Å². The van der Waals surface area contributed by atoms with Crippen molar-refractivity contribution >= 4 is 10.0 Å². The Morgan fingerprint density at radius 1 is 1.35 bits per heavy atom. The Kier molecular flexibility index (Phi) is 6.39. The Balaban J connectivity index is 3.18. The van der Waals surface area contributed by atoms with Gasteiger partial charge in [-0.1, -0.05) is 32.1 Å². The normalized spacial score (nSPS) is 11.8. The summed E-state index contributed by atoms with van der Waals surface area (Å²) in [6.45, 7) is 11.6. The lowest BCUT2D eigenvalue weighted by Crippen LogP contribution is -2.31. The van der Waals surface area contributed by atoms with E-state index in [0.717, 1.165) is 17.7 Å². The van der Waals surface area contributed by atoms with E-state index in [-0.39, 0.29) is 0 Å². The van der Waals surface area contributed by atoms with E-state index in [1.807, 2.05) is 32.9 Å². The second-order valence-corrected chi connectivity index (χ2v) is 6.53. The van der Waals surface area contributed by atoms with Crippen molar-refractivity contribution in [3.63, 3.8) is 0 Å². The van der Waals surface area contributed by atoms with Crippen LogP contribution in [0, 0.1) is 6.92 Å². The van der Waals surface area contributed by atoms with Gasteiger partial charge in [-0.05, 0) is 30.7 Å². The Morgan fingerprint density at radius 2 is 2.05 bits per heavy atom. The highest BCUT2D eigenvalue weighted by Crippen LogP contribution is 2.21. The van der Waals surface area contributed by atoms with E-state index in [4.69, 9.17) is 0 Å². The third-order valence-corrected chi connectivity index (χ3v) is 5.22. The number of rotatable bonds is 8. The highest BCUT2D eigenvalue weighted by Gasteiger charge is 2.24. The molecule has 20 heavy (non-hydrogen) atoms.